The van der Waals surface area contributed by atoms with Crippen LogP contribution >= 0.6 is 0 Å². The van der Waals surface area contributed by atoms with Crippen LogP contribution in [-0.2, 0) is 26.2 Å². The van der Waals surface area contributed by atoms with Gasteiger partial charge in [0.05, 0.1) is 24.8 Å². The number of methoxy groups -OCH3 is 2. The van der Waals surface area contributed by atoms with E-state index in [2.05, 4.69) is 5.32 Å². The maximum Gasteiger partial charge on any atom is 0.264 e. The highest BCUT2D eigenvalue weighted by molar-refractivity contribution is 7.92. The van der Waals surface area contributed by atoms with E-state index in [0.717, 1.165) is 39.4 Å². The highest BCUT2D eigenvalue weighted by Gasteiger charge is 2.33. The summed E-state index contributed by atoms with van der Waals surface area (Å²) in [4.78, 5) is 28.7. The zero-order valence-corrected chi connectivity index (χ0v) is 27.0. The van der Waals surface area contributed by atoms with Gasteiger partial charge in [-0.1, -0.05) is 43.7 Å². The molecule has 232 valence electrons. The Kier molecular flexibility index (Phi) is 11.6. The Labute approximate surface area is 255 Å². The number of rotatable bonds is 14. The fourth-order valence-electron chi connectivity index (χ4n) is 4.82. The van der Waals surface area contributed by atoms with Gasteiger partial charge in [0.25, 0.3) is 10.0 Å². The number of hydrogen-bond acceptors (Lipinski definition) is 6. The summed E-state index contributed by atoms with van der Waals surface area (Å²) in [7, 11) is -1.37. The molecular formula is C33H43N3O6S. The maximum atomic E-state index is 14.3. The zero-order chi connectivity index (χ0) is 31.7. The van der Waals surface area contributed by atoms with Gasteiger partial charge in [-0.2, -0.15) is 0 Å². The number of unbranched alkanes of at least 4 members (excludes halogenated alkanes) is 1. The Bertz CT molecular complexity index is 1520. The molecule has 0 aliphatic rings. The van der Waals surface area contributed by atoms with Crippen LogP contribution in [0.5, 0.6) is 11.5 Å². The summed E-state index contributed by atoms with van der Waals surface area (Å²) in [5.74, 6) is -0.183. The molecule has 1 N–H and O–H groups in total. The minimum absolute atomic E-state index is 0.0621. The number of nitrogens with one attached hydrogen (secondary N) is 1. The van der Waals surface area contributed by atoms with Crippen LogP contribution in [0, 0.1) is 20.8 Å². The molecule has 3 aromatic rings. The molecule has 0 heterocycles. The Morgan fingerprint density at radius 1 is 0.907 bits per heavy atom. The lowest BCUT2D eigenvalue weighted by Crippen LogP contribution is -2.51. The van der Waals surface area contributed by atoms with Gasteiger partial charge in [0.2, 0.25) is 11.8 Å². The number of carbonyl (C=O) groups excluding carboxylic acids is 2. The van der Waals surface area contributed by atoms with Gasteiger partial charge in [-0.3, -0.25) is 13.9 Å². The van der Waals surface area contributed by atoms with Gasteiger partial charge < -0.3 is 19.7 Å². The highest BCUT2D eigenvalue weighted by atomic mass is 32.2. The van der Waals surface area contributed by atoms with Gasteiger partial charge in [-0.25, -0.2) is 8.42 Å². The minimum Gasteiger partial charge on any atom is -0.493 e. The molecule has 0 fully saturated rings. The van der Waals surface area contributed by atoms with Gasteiger partial charge in [0.15, 0.2) is 11.5 Å². The fraction of sp³-hybridized carbons (Fsp3) is 0.394. The van der Waals surface area contributed by atoms with E-state index in [1.54, 1.807) is 19.1 Å². The molecule has 1 atom stereocenters. The van der Waals surface area contributed by atoms with Crippen molar-refractivity contribution in [3.8, 4) is 11.5 Å². The number of sulfonamides is 1. The average Bonchev–Trinajstić information content (AvgIpc) is 2.98. The van der Waals surface area contributed by atoms with Crippen LogP contribution in [0.3, 0.4) is 0 Å². The van der Waals surface area contributed by atoms with E-state index < -0.39 is 28.5 Å². The monoisotopic (exact) mass is 609 g/mol. The fourth-order valence-corrected chi connectivity index (χ4v) is 6.23. The van der Waals surface area contributed by atoms with Crippen molar-refractivity contribution in [1.82, 2.24) is 10.2 Å². The van der Waals surface area contributed by atoms with Crippen LogP contribution in [-0.4, -0.2) is 58.5 Å². The van der Waals surface area contributed by atoms with E-state index in [9.17, 15) is 18.0 Å². The minimum atomic E-state index is -4.27. The highest BCUT2D eigenvalue weighted by Crippen LogP contribution is 2.33. The number of ether oxygens (including phenoxy) is 2. The van der Waals surface area contributed by atoms with Gasteiger partial charge in [-0.15, -0.1) is 0 Å². The summed E-state index contributed by atoms with van der Waals surface area (Å²) in [6.07, 6.45) is 1.73. The first-order valence-electron chi connectivity index (χ1n) is 14.4. The second kappa shape index (κ2) is 14.9. The largest absolute Gasteiger partial charge is 0.493 e. The zero-order valence-electron chi connectivity index (χ0n) is 26.1. The Morgan fingerprint density at radius 3 is 2.16 bits per heavy atom. The van der Waals surface area contributed by atoms with Crippen LogP contribution in [0.4, 0.5) is 5.69 Å². The van der Waals surface area contributed by atoms with Crippen molar-refractivity contribution < 1.29 is 27.5 Å². The van der Waals surface area contributed by atoms with Crippen molar-refractivity contribution >= 4 is 27.5 Å². The molecule has 0 radical (unpaired) electrons. The second-order valence-corrected chi connectivity index (χ2v) is 12.5. The van der Waals surface area contributed by atoms with E-state index >= 15 is 0 Å². The number of hydrogen-bond donors (Lipinski definition) is 1. The molecule has 0 saturated heterocycles. The van der Waals surface area contributed by atoms with E-state index in [1.807, 2.05) is 58.0 Å². The third-order valence-corrected chi connectivity index (χ3v) is 9.08. The summed E-state index contributed by atoms with van der Waals surface area (Å²) in [5, 5.41) is 2.91. The van der Waals surface area contributed by atoms with Crippen LogP contribution in [0.1, 0.15) is 48.9 Å². The SMILES string of the molecule is CCCCNC(=O)[C@H](C)N(Cc1ccccc1C)C(=O)CN(c1cc(C)cc(C)c1)S(=O)(=O)c1ccc(OC)c(OC)c1. The predicted molar refractivity (Wildman–Crippen MR) is 169 cm³/mol. The van der Waals surface area contributed by atoms with E-state index in [0.29, 0.717) is 18.0 Å². The third-order valence-electron chi connectivity index (χ3n) is 7.32. The molecule has 2 amide bonds. The van der Waals surface area contributed by atoms with Crippen LogP contribution in [0.2, 0.25) is 0 Å². The number of nitrogens with zero attached hydrogens (tertiary/aromatic N) is 2. The van der Waals surface area contributed by atoms with Crippen LogP contribution in [0.15, 0.2) is 65.6 Å². The molecule has 0 saturated carbocycles. The number of amides is 2. The first kappa shape index (κ1) is 33.5. The van der Waals surface area contributed by atoms with Crippen molar-refractivity contribution in [1.29, 1.82) is 0 Å². The molecule has 0 bridgehead atoms. The Hall–Kier alpha value is -4.05. The standard InChI is InChI=1S/C33H43N3O6S/c1-8-9-16-34-33(38)26(5)35(21-27-13-11-10-12-25(27)4)32(37)22-36(28-18-23(2)17-24(3)19-28)43(39,40)29-14-15-30(41-6)31(20-29)42-7/h10-15,17-20,26H,8-9,16,21-22H2,1-7H3,(H,34,38)/t26-/m0/s1. The van der Waals surface area contributed by atoms with E-state index in [4.69, 9.17) is 9.47 Å². The van der Waals surface area contributed by atoms with Crippen LogP contribution < -0.4 is 19.1 Å². The Morgan fingerprint density at radius 2 is 1.56 bits per heavy atom. The van der Waals surface area contributed by atoms with Gasteiger partial charge in [-0.05, 0) is 80.6 Å². The topological polar surface area (TPSA) is 105 Å². The number of carbonyl (C=O) groups is 2. The summed E-state index contributed by atoms with van der Waals surface area (Å²) in [5.41, 5.74) is 3.86. The predicted octanol–water partition coefficient (Wildman–Crippen LogP) is 5.16. The van der Waals surface area contributed by atoms with Gasteiger partial charge in [0, 0.05) is 19.2 Å². The molecule has 10 heteroatoms. The Balaban J connectivity index is 2.09. The molecule has 0 aliphatic carbocycles. The molecule has 0 unspecified atom stereocenters. The molecule has 9 nitrogen and oxygen atoms in total. The maximum absolute atomic E-state index is 14.3. The van der Waals surface area contributed by atoms with E-state index in [1.165, 1.54) is 37.3 Å². The molecule has 0 aromatic heterocycles. The van der Waals surface area contributed by atoms with E-state index in [-0.39, 0.29) is 23.1 Å². The number of benzene rings is 3. The smallest absolute Gasteiger partial charge is 0.264 e. The molecule has 43 heavy (non-hydrogen) atoms. The summed E-state index contributed by atoms with van der Waals surface area (Å²) in [6, 6.07) is 16.5. The number of anilines is 1. The third kappa shape index (κ3) is 8.28. The lowest BCUT2D eigenvalue weighted by atomic mass is 10.1. The average molecular weight is 610 g/mol. The summed E-state index contributed by atoms with van der Waals surface area (Å²) in [6.45, 7) is 9.50. The molecule has 3 aromatic carbocycles. The van der Waals surface area contributed by atoms with Crippen molar-refractivity contribution in [2.45, 2.75) is 64.9 Å². The lowest BCUT2D eigenvalue weighted by Gasteiger charge is -2.32. The van der Waals surface area contributed by atoms with Gasteiger partial charge >= 0.3 is 0 Å². The summed E-state index contributed by atoms with van der Waals surface area (Å²) < 4.78 is 40.3. The first-order valence-corrected chi connectivity index (χ1v) is 15.8. The lowest BCUT2D eigenvalue weighted by molar-refractivity contribution is -0.139. The van der Waals surface area contributed by atoms with Crippen LogP contribution in [0.25, 0.3) is 0 Å². The van der Waals surface area contributed by atoms with Crippen molar-refractivity contribution in [3.05, 3.63) is 82.9 Å². The molecule has 3 rings (SSSR count). The van der Waals surface area contributed by atoms with Crippen molar-refractivity contribution in [2.24, 2.45) is 0 Å². The first-order chi connectivity index (χ1) is 20.4. The molecule has 0 spiro atoms. The molecular weight excluding hydrogens is 566 g/mol. The van der Waals surface area contributed by atoms with Gasteiger partial charge in [0.1, 0.15) is 12.6 Å². The van der Waals surface area contributed by atoms with Crippen molar-refractivity contribution in [2.75, 3.05) is 31.6 Å². The number of aryl methyl sites for hydroxylation is 3. The second-order valence-electron chi connectivity index (χ2n) is 10.6. The van der Waals surface area contributed by atoms with Crippen molar-refractivity contribution in [3.63, 3.8) is 0 Å². The quantitative estimate of drug-likeness (QED) is 0.253. The summed E-state index contributed by atoms with van der Waals surface area (Å²) >= 11 is 0. The molecule has 0 aliphatic heterocycles. The normalized spacial score (nSPS) is 11.9.